The molecule has 0 heterocycles. The van der Waals surface area contributed by atoms with Crippen LogP contribution in [0.5, 0.6) is 5.75 Å². The topological polar surface area (TPSA) is 49.4 Å². The Morgan fingerprint density at radius 2 is 1.42 bits per heavy atom. The van der Waals surface area contributed by atoms with Gasteiger partial charge in [0.2, 0.25) is 0 Å². The molecule has 0 aliphatic heterocycles. The number of benzene rings is 3. The summed E-state index contributed by atoms with van der Waals surface area (Å²) in [6.07, 6.45) is 0. The first-order valence-electron chi connectivity index (χ1n) is 7.17. The number of rotatable bonds is 4. The minimum absolute atomic E-state index is 0.0175. The van der Waals surface area contributed by atoms with Crippen LogP contribution in [0.3, 0.4) is 0 Å². The van der Waals surface area contributed by atoms with Crippen LogP contribution < -0.4 is 4.18 Å². The van der Waals surface area contributed by atoms with Gasteiger partial charge >= 0.3 is 0 Å². The van der Waals surface area contributed by atoms with E-state index in [1.807, 2.05) is 0 Å². The molecule has 0 fully saturated rings. The van der Waals surface area contributed by atoms with Crippen LogP contribution in [0.4, 0.5) is 8.78 Å². The molecule has 0 bridgehead atoms. The first-order valence-corrected chi connectivity index (χ1v) is 8.93. The molecule has 0 spiro atoms. The van der Waals surface area contributed by atoms with Gasteiger partial charge in [0.1, 0.15) is 17.2 Å². The minimum Gasteiger partial charge on any atom is -0.740 e. The third-order valence-corrected chi connectivity index (χ3v) is 4.54. The van der Waals surface area contributed by atoms with Gasteiger partial charge in [-0.3, -0.25) is 0 Å². The molecule has 1 atom stereocenters. The van der Waals surface area contributed by atoms with E-state index >= 15 is 0 Å². The molecule has 0 radical (unpaired) electrons. The van der Waals surface area contributed by atoms with E-state index in [-0.39, 0.29) is 5.02 Å². The van der Waals surface area contributed by atoms with Crippen LogP contribution in [-0.2, 0) is 11.4 Å². The predicted octanol–water partition coefficient (Wildman–Crippen LogP) is 5.78. The Morgan fingerprint density at radius 1 is 0.808 bits per heavy atom. The zero-order valence-corrected chi connectivity index (χ0v) is 15.2. The van der Waals surface area contributed by atoms with Crippen molar-refractivity contribution in [3.05, 3.63) is 76.3 Å². The first-order chi connectivity index (χ1) is 12.3. The van der Waals surface area contributed by atoms with Crippen molar-refractivity contribution >= 4 is 34.6 Å². The minimum atomic E-state index is -2.86. The number of halogens is 4. The number of hydrogen-bond acceptors (Lipinski definition) is 3. The molecule has 1 unspecified atom stereocenters. The summed E-state index contributed by atoms with van der Waals surface area (Å²) in [5, 5.41) is 0.350. The summed E-state index contributed by atoms with van der Waals surface area (Å²) < 4.78 is 52.6. The Balaban J connectivity index is 1.95. The Kier molecular flexibility index (Phi) is 5.58. The molecule has 0 aromatic heterocycles. The van der Waals surface area contributed by atoms with Crippen LogP contribution in [0.25, 0.3) is 22.3 Å². The molecule has 3 nitrogen and oxygen atoms in total. The summed E-state index contributed by atoms with van der Waals surface area (Å²) in [6.45, 7) is 0. The molecule has 0 saturated carbocycles. The fourth-order valence-electron chi connectivity index (χ4n) is 2.41. The average molecular weight is 414 g/mol. The van der Waals surface area contributed by atoms with E-state index in [9.17, 15) is 17.5 Å². The second-order valence-electron chi connectivity index (χ2n) is 5.26. The molecule has 3 aromatic carbocycles. The molecule has 0 amide bonds. The standard InChI is InChI=1S/C18H10Cl2F2O3S/c19-14-7-10(11-3-6-18(17(22)9-11)25-26(23)24)1-4-13(14)12-2-5-16(21)15(20)8-12/h1-9H,(H,23,24)/p-1. The third kappa shape index (κ3) is 4.04. The van der Waals surface area contributed by atoms with Crippen molar-refractivity contribution in [2.24, 2.45) is 0 Å². The van der Waals surface area contributed by atoms with E-state index in [0.29, 0.717) is 27.3 Å². The maximum Gasteiger partial charge on any atom is 0.174 e. The lowest BCUT2D eigenvalue weighted by Gasteiger charge is -2.11. The summed E-state index contributed by atoms with van der Waals surface area (Å²) in [5.74, 6) is -1.75. The molecule has 0 aliphatic carbocycles. The lowest BCUT2D eigenvalue weighted by Crippen LogP contribution is -1.99. The molecule has 3 rings (SSSR count). The van der Waals surface area contributed by atoms with E-state index in [4.69, 9.17) is 23.2 Å². The van der Waals surface area contributed by atoms with Gasteiger partial charge in [-0.25, -0.2) is 13.0 Å². The van der Waals surface area contributed by atoms with E-state index in [1.165, 1.54) is 24.3 Å². The number of hydrogen-bond donors (Lipinski definition) is 0. The van der Waals surface area contributed by atoms with E-state index in [0.717, 1.165) is 6.07 Å². The van der Waals surface area contributed by atoms with Crippen LogP contribution in [-0.4, -0.2) is 8.76 Å². The van der Waals surface area contributed by atoms with Gasteiger partial charge in [0, 0.05) is 10.6 Å². The van der Waals surface area contributed by atoms with E-state index in [1.54, 1.807) is 24.3 Å². The van der Waals surface area contributed by atoms with Crippen LogP contribution in [0, 0.1) is 11.6 Å². The molecule has 0 N–H and O–H groups in total. The van der Waals surface area contributed by atoms with Crippen LogP contribution in [0.15, 0.2) is 54.6 Å². The van der Waals surface area contributed by atoms with Crippen molar-refractivity contribution in [3.8, 4) is 28.0 Å². The molecule has 3 aromatic rings. The van der Waals surface area contributed by atoms with Gasteiger partial charge in [-0.2, -0.15) is 0 Å². The molecule has 26 heavy (non-hydrogen) atoms. The highest BCUT2D eigenvalue weighted by Gasteiger charge is 2.11. The lowest BCUT2D eigenvalue weighted by atomic mass is 10.00. The SMILES string of the molecule is O=S([O-])Oc1ccc(-c2ccc(-c3ccc(F)c(Cl)c3)c(Cl)c2)cc1F. The van der Waals surface area contributed by atoms with Crippen molar-refractivity contribution in [1.29, 1.82) is 0 Å². The van der Waals surface area contributed by atoms with Gasteiger partial charge in [0.05, 0.1) is 5.02 Å². The highest BCUT2D eigenvalue weighted by atomic mass is 35.5. The second-order valence-corrected chi connectivity index (χ2v) is 6.65. The molecular formula is C18H9Cl2F2O3S-. The largest absolute Gasteiger partial charge is 0.740 e. The monoisotopic (exact) mass is 413 g/mol. The van der Waals surface area contributed by atoms with E-state index in [2.05, 4.69) is 4.18 Å². The summed E-state index contributed by atoms with van der Waals surface area (Å²) >= 11 is 9.25. The summed E-state index contributed by atoms with van der Waals surface area (Å²) in [4.78, 5) is 0. The lowest BCUT2D eigenvalue weighted by molar-refractivity contribution is 0.425. The van der Waals surface area contributed by atoms with Gasteiger partial charge in [-0.05, 0) is 47.0 Å². The molecule has 0 saturated heterocycles. The van der Waals surface area contributed by atoms with Gasteiger partial charge in [-0.1, -0.05) is 47.5 Å². The fraction of sp³-hybridized carbons (Fsp3) is 0. The van der Waals surface area contributed by atoms with Crippen molar-refractivity contribution in [2.45, 2.75) is 0 Å². The van der Waals surface area contributed by atoms with Gasteiger partial charge in [0.25, 0.3) is 0 Å². The predicted molar refractivity (Wildman–Crippen MR) is 96.8 cm³/mol. The fourth-order valence-corrected chi connectivity index (χ4v) is 3.17. The zero-order valence-electron chi connectivity index (χ0n) is 12.8. The maximum atomic E-state index is 13.9. The van der Waals surface area contributed by atoms with E-state index < -0.39 is 28.7 Å². The summed E-state index contributed by atoms with van der Waals surface area (Å²) in [6, 6.07) is 13.2. The zero-order chi connectivity index (χ0) is 18.8. The summed E-state index contributed by atoms with van der Waals surface area (Å²) in [7, 11) is 0. The van der Waals surface area contributed by atoms with Crippen LogP contribution in [0.2, 0.25) is 10.0 Å². The molecule has 0 aliphatic rings. The van der Waals surface area contributed by atoms with Gasteiger partial charge in [0.15, 0.2) is 11.6 Å². The Labute approximate surface area is 160 Å². The smallest absolute Gasteiger partial charge is 0.174 e. The van der Waals surface area contributed by atoms with Crippen molar-refractivity contribution in [3.63, 3.8) is 0 Å². The van der Waals surface area contributed by atoms with Gasteiger partial charge in [-0.15, -0.1) is 0 Å². The quantitative estimate of drug-likeness (QED) is 0.509. The molecule has 134 valence electrons. The van der Waals surface area contributed by atoms with Crippen molar-refractivity contribution in [1.82, 2.24) is 0 Å². The van der Waals surface area contributed by atoms with Gasteiger partial charge < -0.3 is 8.74 Å². The highest BCUT2D eigenvalue weighted by molar-refractivity contribution is 7.74. The average Bonchev–Trinajstić information content (AvgIpc) is 2.59. The second kappa shape index (κ2) is 7.72. The Bertz CT molecular complexity index is 1010. The molecular weight excluding hydrogens is 405 g/mol. The highest BCUT2D eigenvalue weighted by Crippen LogP contribution is 2.34. The van der Waals surface area contributed by atoms with Crippen LogP contribution in [0.1, 0.15) is 0 Å². The molecule has 8 heteroatoms. The van der Waals surface area contributed by atoms with Crippen LogP contribution >= 0.6 is 23.2 Å². The van der Waals surface area contributed by atoms with Crippen molar-refractivity contribution in [2.75, 3.05) is 0 Å². The first kappa shape index (κ1) is 18.8. The van der Waals surface area contributed by atoms with Crippen molar-refractivity contribution < 1.29 is 21.7 Å². The normalized spacial score (nSPS) is 12.0. The summed E-state index contributed by atoms with van der Waals surface area (Å²) in [5.41, 5.74) is 2.37. The Hall–Kier alpha value is -1.99. The third-order valence-electron chi connectivity index (χ3n) is 3.62. The maximum absolute atomic E-state index is 13.9. The Morgan fingerprint density at radius 3 is 2.04 bits per heavy atom.